The monoisotopic (exact) mass is 220 g/mol. The Kier molecular flexibility index (Phi) is 4.90. The van der Waals surface area contributed by atoms with Gasteiger partial charge < -0.3 is 9.47 Å². The third kappa shape index (κ3) is 3.61. The SMILES string of the molecule is C=Cc1ccc(OCCC(C)C)c(OC)c1. The fourth-order valence-electron chi connectivity index (χ4n) is 1.33. The summed E-state index contributed by atoms with van der Waals surface area (Å²) < 4.78 is 11.0. The number of ether oxygens (including phenoxy) is 2. The van der Waals surface area contributed by atoms with Crippen LogP contribution in [0.25, 0.3) is 6.08 Å². The number of methoxy groups -OCH3 is 1. The smallest absolute Gasteiger partial charge is 0.161 e. The molecular formula is C14H20O2. The first kappa shape index (κ1) is 12.6. The van der Waals surface area contributed by atoms with E-state index in [-0.39, 0.29) is 0 Å². The van der Waals surface area contributed by atoms with Crippen LogP contribution in [0.1, 0.15) is 25.8 Å². The predicted octanol–water partition coefficient (Wildman–Crippen LogP) is 3.76. The highest BCUT2D eigenvalue weighted by Crippen LogP contribution is 2.28. The molecule has 0 aromatic heterocycles. The van der Waals surface area contributed by atoms with E-state index in [1.165, 1.54) is 0 Å². The normalized spacial score (nSPS) is 10.2. The summed E-state index contributed by atoms with van der Waals surface area (Å²) in [5.41, 5.74) is 1.04. The molecule has 88 valence electrons. The molecule has 0 amide bonds. The van der Waals surface area contributed by atoms with Gasteiger partial charge in [-0.3, -0.25) is 0 Å². The third-order valence-corrected chi connectivity index (χ3v) is 2.38. The van der Waals surface area contributed by atoms with Crippen molar-refractivity contribution in [3.8, 4) is 11.5 Å². The van der Waals surface area contributed by atoms with E-state index in [0.717, 1.165) is 30.1 Å². The molecule has 0 N–H and O–H groups in total. The Labute approximate surface area is 97.9 Å². The molecule has 1 aromatic rings. The van der Waals surface area contributed by atoms with Gasteiger partial charge in [0.25, 0.3) is 0 Å². The summed E-state index contributed by atoms with van der Waals surface area (Å²) in [6.45, 7) is 8.81. The van der Waals surface area contributed by atoms with Crippen LogP contribution in [0.15, 0.2) is 24.8 Å². The number of hydrogen-bond acceptors (Lipinski definition) is 2. The Hall–Kier alpha value is -1.44. The highest BCUT2D eigenvalue weighted by molar-refractivity contribution is 5.54. The van der Waals surface area contributed by atoms with Crippen molar-refractivity contribution in [2.24, 2.45) is 5.92 Å². The van der Waals surface area contributed by atoms with Gasteiger partial charge in [-0.25, -0.2) is 0 Å². The first-order valence-electron chi connectivity index (χ1n) is 5.60. The molecule has 0 unspecified atom stereocenters. The third-order valence-electron chi connectivity index (χ3n) is 2.38. The van der Waals surface area contributed by atoms with Gasteiger partial charge >= 0.3 is 0 Å². The molecule has 0 spiro atoms. The van der Waals surface area contributed by atoms with Crippen LogP contribution in [0.2, 0.25) is 0 Å². The summed E-state index contributed by atoms with van der Waals surface area (Å²) in [6.07, 6.45) is 2.84. The molecule has 0 aliphatic rings. The lowest BCUT2D eigenvalue weighted by Crippen LogP contribution is -2.02. The lowest BCUT2D eigenvalue weighted by Gasteiger charge is -2.12. The van der Waals surface area contributed by atoms with Crippen molar-refractivity contribution in [1.82, 2.24) is 0 Å². The fourth-order valence-corrected chi connectivity index (χ4v) is 1.33. The van der Waals surface area contributed by atoms with Gasteiger partial charge in [-0.2, -0.15) is 0 Å². The molecule has 0 bridgehead atoms. The van der Waals surface area contributed by atoms with Crippen LogP contribution in [0.3, 0.4) is 0 Å². The summed E-state index contributed by atoms with van der Waals surface area (Å²) in [5.74, 6) is 2.22. The van der Waals surface area contributed by atoms with Gasteiger partial charge in [0.2, 0.25) is 0 Å². The van der Waals surface area contributed by atoms with Gasteiger partial charge in [0.15, 0.2) is 11.5 Å². The Bertz CT molecular complexity index is 343. The Morgan fingerprint density at radius 3 is 2.62 bits per heavy atom. The van der Waals surface area contributed by atoms with Crippen LogP contribution < -0.4 is 9.47 Å². The zero-order valence-electron chi connectivity index (χ0n) is 10.3. The standard InChI is InChI=1S/C14H20O2/c1-5-12-6-7-13(14(10-12)15-4)16-9-8-11(2)3/h5-7,10-11H,1,8-9H2,2-4H3. The molecule has 0 fully saturated rings. The molecule has 1 aromatic carbocycles. The van der Waals surface area contributed by atoms with Gasteiger partial charge in [-0.15, -0.1) is 0 Å². The Morgan fingerprint density at radius 2 is 2.06 bits per heavy atom. The lowest BCUT2D eigenvalue weighted by molar-refractivity contribution is 0.273. The fraction of sp³-hybridized carbons (Fsp3) is 0.429. The number of rotatable bonds is 6. The van der Waals surface area contributed by atoms with Crippen molar-refractivity contribution in [2.45, 2.75) is 20.3 Å². The van der Waals surface area contributed by atoms with Crippen LogP contribution >= 0.6 is 0 Å². The van der Waals surface area contributed by atoms with Crippen molar-refractivity contribution in [3.05, 3.63) is 30.3 Å². The maximum atomic E-state index is 5.68. The Balaban J connectivity index is 2.68. The van der Waals surface area contributed by atoms with Crippen molar-refractivity contribution in [1.29, 1.82) is 0 Å². The molecule has 0 heterocycles. The highest BCUT2D eigenvalue weighted by Gasteiger charge is 2.04. The molecule has 16 heavy (non-hydrogen) atoms. The second-order valence-corrected chi connectivity index (χ2v) is 4.15. The summed E-state index contributed by atoms with van der Waals surface area (Å²) in [5, 5.41) is 0. The maximum Gasteiger partial charge on any atom is 0.161 e. The minimum Gasteiger partial charge on any atom is -0.493 e. The summed E-state index contributed by atoms with van der Waals surface area (Å²) in [4.78, 5) is 0. The molecule has 0 aliphatic carbocycles. The van der Waals surface area contributed by atoms with E-state index in [0.29, 0.717) is 5.92 Å². The minimum absolute atomic E-state index is 0.651. The molecule has 1 rings (SSSR count). The number of benzene rings is 1. The van der Waals surface area contributed by atoms with Gasteiger partial charge in [0.1, 0.15) is 0 Å². The largest absolute Gasteiger partial charge is 0.493 e. The summed E-state index contributed by atoms with van der Waals surface area (Å²) in [7, 11) is 1.65. The van der Waals surface area contributed by atoms with E-state index < -0.39 is 0 Å². The van der Waals surface area contributed by atoms with Crippen molar-refractivity contribution >= 4 is 6.08 Å². The van der Waals surface area contributed by atoms with Crippen LogP contribution in [-0.4, -0.2) is 13.7 Å². The van der Waals surface area contributed by atoms with Crippen molar-refractivity contribution in [2.75, 3.05) is 13.7 Å². The van der Waals surface area contributed by atoms with Crippen molar-refractivity contribution in [3.63, 3.8) is 0 Å². The van der Waals surface area contributed by atoms with Crippen molar-refractivity contribution < 1.29 is 9.47 Å². The van der Waals surface area contributed by atoms with E-state index in [4.69, 9.17) is 9.47 Å². The minimum atomic E-state index is 0.651. The molecule has 0 aliphatic heterocycles. The van der Waals surface area contributed by atoms with Crippen LogP contribution in [-0.2, 0) is 0 Å². The zero-order valence-corrected chi connectivity index (χ0v) is 10.3. The van der Waals surface area contributed by atoms with E-state index in [1.54, 1.807) is 13.2 Å². The molecule has 0 saturated heterocycles. The first-order chi connectivity index (χ1) is 7.67. The Morgan fingerprint density at radius 1 is 1.31 bits per heavy atom. The summed E-state index contributed by atoms with van der Waals surface area (Å²) >= 11 is 0. The van der Waals surface area contributed by atoms with Crippen LogP contribution in [0, 0.1) is 5.92 Å². The average Bonchev–Trinajstić information content (AvgIpc) is 2.29. The molecular weight excluding hydrogens is 200 g/mol. The lowest BCUT2D eigenvalue weighted by atomic mass is 10.1. The molecule has 0 atom stereocenters. The molecule has 2 heteroatoms. The second-order valence-electron chi connectivity index (χ2n) is 4.15. The van der Waals surface area contributed by atoms with Crippen LogP contribution in [0.4, 0.5) is 0 Å². The van der Waals surface area contributed by atoms with E-state index >= 15 is 0 Å². The van der Waals surface area contributed by atoms with Crippen LogP contribution in [0.5, 0.6) is 11.5 Å². The van der Waals surface area contributed by atoms with E-state index in [2.05, 4.69) is 20.4 Å². The first-order valence-corrected chi connectivity index (χ1v) is 5.60. The molecule has 2 nitrogen and oxygen atoms in total. The second kappa shape index (κ2) is 6.21. The average molecular weight is 220 g/mol. The van der Waals surface area contributed by atoms with Gasteiger partial charge in [0, 0.05) is 0 Å². The topological polar surface area (TPSA) is 18.5 Å². The highest BCUT2D eigenvalue weighted by atomic mass is 16.5. The number of hydrogen-bond donors (Lipinski definition) is 0. The van der Waals surface area contributed by atoms with Gasteiger partial charge in [-0.05, 0) is 30.0 Å². The quantitative estimate of drug-likeness (QED) is 0.726. The van der Waals surface area contributed by atoms with E-state index in [1.807, 2.05) is 18.2 Å². The molecule has 0 saturated carbocycles. The zero-order chi connectivity index (χ0) is 12.0. The molecule has 0 radical (unpaired) electrons. The maximum absolute atomic E-state index is 5.68. The van der Waals surface area contributed by atoms with Gasteiger partial charge in [-0.1, -0.05) is 32.6 Å². The summed E-state index contributed by atoms with van der Waals surface area (Å²) in [6, 6.07) is 5.83. The van der Waals surface area contributed by atoms with E-state index in [9.17, 15) is 0 Å². The van der Waals surface area contributed by atoms with Gasteiger partial charge in [0.05, 0.1) is 13.7 Å². The predicted molar refractivity (Wildman–Crippen MR) is 68.0 cm³/mol.